The van der Waals surface area contributed by atoms with Gasteiger partial charge < -0.3 is 10.1 Å². The highest BCUT2D eigenvalue weighted by atomic mass is 19.4. The molecule has 1 aromatic heterocycles. The van der Waals surface area contributed by atoms with Crippen LogP contribution in [0.1, 0.15) is 46.2 Å². The van der Waals surface area contributed by atoms with Crippen molar-refractivity contribution in [2.24, 2.45) is 0 Å². The third-order valence-electron chi connectivity index (χ3n) is 4.40. The van der Waals surface area contributed by atoms with Crippen LogP contribution in [0, 0.1) is 0 Å². The number of aromatic nitrogens is 2. The number of halogens is 3. The lowest BCUT2D eigenvalue weighted by Gasteiger charge is -2.31. The van der Waals surface area contributed by atoms with Gasteiger partial charge in [-0.1, -0.05) is 12.1 Å². The van der Waals surface area contributed by atoms with Crippen LogP contribution >= 0.6 is 0 Å². The third-order valence-corrected chi connectivity index (χ3v) is 4.40. The summed E-state index contributed by atoms with van der Waals surface area (Å²) in [4.78, 5) is 19.3. The maximum Gasteiger partial charge on any atom is 0.432 e. The van der Waals surface area contributed by atoms with Gasteiger partial charge in [0.1, 0.15) is 11.5 Å². The van der Waals surface area contributed by atoms with Crippen molar-refractivity contribution in [3.05, 3.63) is 53.1 Å². The van der Waals surface area contributed by atoms with Crippen molar-refractivity contribution in [3.63, 3.8) is 0 Å². The van der Waals surface area contributed by atoms with E-state index < -0.39 is 17.8 Å². The number of alkyl halides is 3. The number of likely N-dealkylation sites (tertiary alicyclic amines) is 1. The number of aromatic amines is 1. The highest BCUT2D eigenvalue weighted by Gasteiger charge is 2.34. The molecule has 1 saturated heterocycles. The Bertz CT molecular complexity index is 740. The molecule has 0 radical (unpaired) electrons. The Balaban J connectivity index is 1.65. The van der Waals surface area contributed by atoms with Gasteiger partial charge in [0.05, 0.1) is 11.8 Å². The summed E-state index contributed by atoms with van der Waals surface area (Å²) in [5.41, 5.74) is 0.389. The lowest BCUT2D eigenvalue weighted by Crippen LogP contribution is -2.34. The average Bonchev–Trinajstić information content (AvgIpc) is 3.06. The number of carboxylic acid groups (broad SMARTS) is 1. The van der Waals surface area contributed by atoms with Crippen LogP contribution in [-0.4, -0.2) is 39.0 Å². The number of carbonyl (C=O) groups is 1. The molecule has 1 aliphatic heterocycles. The first-order valence-corrected chi connectivity index (χ1v) is 7.99. The summed E-state index contributed by atoms with van der Waals surface area (Å²) >= 11 is 0. The monoisotopic (exact) mass is 353 g/mol. The lowest BCUT2D eigenvalue weighted by atomic mass is 9.97. The molecule has 3 rings (SSSR count). The zero-order valence-electron chi connectivity index (χ0n) is 13.4. The largest absolute Gasteiger partial charge is 0.478 e. The summed E-state index contributed by atoms with van der Waals surface area (Å²) in [6.45, 7) is 2.10. The molecule has 0 aliphatic carbocycles. The van der Waals surface area contributed by atoms with E-state index in [2.05, 4.69) is 14.9 Å². The molecule has 8 heteroatoms. The molecule has 2 heterocycles. The number of rotatable bonds is 4. The van der Waals surface area contributed by atoms with Gasteiger partial charge in [-0.25, -0.2) is 9.78 Å². The minimum Gasteiger partial charge on any atom is -0.478 e. The number of nitrogens with zero attached hydrogens (tertiary/aromatic N) is 2. The number of nitrogens with one attached hydrogen (secondary N) is 1. The van der Waals surface area contributed by atoms with Crippen molar-refractivity contribution in [3.8, 4) is 0 Å². The second-order valence-electron chi connectivity index (χ2n) is 6.26. The maximum absolute atomic E-state index is 12.7. The lowest BCUT2D eigenvalue weighted by molar-refractivity contribution is -0.141. The topological polar surface area (TPSA) is 69.2 Å². The zero-order valence-corrected chi connectivity index (χ0v) is 13.4. The fraction of sp³-hybridized carbons (Fsp3) is 0.412. The molecule has 1 aromatic carbocycles. The Hall–Kier alpha value is -2.35. The summed E-state index contributed by atoms with van der Waals surface area (Å²) in [6, 6.07) is 6.64. The van der Waals surface area contributed by atoms with Crippen LogP contribution in [-0.2, 0) is 12.7 Å². The number of carboxylic acids is 1. The van der Waals surface area contributed by atoms with Crippen LogP contribution in [0.4, 0.5) is 13.2 Å². The minimum absolute atomic E-state index is 0.0665. The molecule has 1 unspecified atom stereocenters. The van der Waals surface area contributed by atoms with Crippen molar-refractivity contribution in [1.82, 2.24) is 14.9 Å². The van der Waals surface area contributed by atoms with Crippen molar-refractivity contribution in [2.75, 3.05) is 13.1 Å². The number of H-pyrrole nitrogens is 1. The van der Waals surface area contributed by atoms with Crippen molar-refractivity contribution >= 4 is 5.97 Å². The molecular weight excluding hydrogens is 335 g/mol. The molecule has 134 valence electrons. The van der Waals surface area contributed by atoms with Gasteiger partial charge in [0.25, 0.3) is 0 Å². The first kappa shape index (κ1) is 17.5. The molecule has 2 aromatic rings. The van der Waals surface area contributed by atoms with Gasteiger partial charge in [-0.3, -0.25) is 4.90 Å². The van der Waals surface area contributed by atoms with Crippen LogP contribution in [0.25, 0.3) is 0 Å². The molecule has 1 atom stereocenters. The maximum atomic E-state index is 12.7. The SMILES string of the molecule is O=C(O)c1ccc(CN2CCCC(c3ncc(C(F)(F)F)[nH]3)C2)cc1. The Kier molecular flexibility index (Phi) is 4.80. The molecule has 1 aliphatic rings. The van der Waals surface area contributed by atoms with Crippen LogP contribution in [0.5, 0.6) is 0 Å². The second kappa shape index (κ2) is 6.87. The number of imidazole rings is 1. The van der Waals surface area contributed by atoms with Gasteiger partial charge in [0, 0.05) is 19.0 Å². The summed E-state index contributed by atoms with van der Waals surface area (Å²) in [6.07, 6.45) is -1.90. The van der Waals surface area contributed by atoms with Gasteiger partial charge >= 0.3 is 12.1 Å². The van der Waals surface area contributed by atoms with Crippen LogP contribution in [0.3, 0.4) is 0 Å². The van der Waals surface area contributed by atoms with E-state index in [1.165, 1.54) is 0 Å². The fourth-order valence-corrected chi connectivity index (χ4v) is 3.12. The predicted octanol–water partition coefficient (Wildman–Crippen LogP) is 3.51. The van der Waals surface area contributed by atoms with Crippen LogP contribution in [0.15, 0.2) is 30.5 Å². The highest BCUT2D eigenvalue weighted by molar-refractivity contribution is 5.87. The molecule has 0 amide bonds. The predicted molar refractivity (Wildman–Crippen MR) is 84.2 cm³/mol. The summed E-state index contributed by atoms with van der Waals surface area (Å²) < 4.78 is 38.1. The van der Waals surface area contributed by atoms with E-state index in [0.29, 0.717) is 18.9 Å². The number of hydrogen-bond donors (Lipinski definition) is 2. The van der Waals surface area contributed by atoms with E-state index in [1.807, 2.05) is 0 Å². The number of benzene rings is 1. The fourth-order valence-electron chi connectivity index (χ4n) is 3.12. The third kappa shape index (κ3) is 4.19. The van der Waals surface area contributed by atoms with Crippen molar-refractivity contribution in [2.45, 2.75) is 31.5 Å². The minimum atomic E-state index is -4.41. The average molecular weight is 353 g/mol. The summed E-state index contributed by atoms with van der Waals surface area (Å²) in [5.74, 6) is -0.663. The van der Waals surface area contributed by atoms with Gasteiger partial charge in [0.2, 0.25) is 0 Å². The van der Waals surface area contributed by atoms with Gasteiger partial charge in [0.15, 0.2) is 0 Å². The molecule has 0 bridgehead atoms. The van der Waals surface area contributed by atoms with E-state index in [1.54, 1.807) is 24.3 Å². The highest BCUT2D eigenvalue weighted by Crippen LogP contribution is 2.31. The summed E-state index contributed by atoms with van der Waals surface area (Å²) in [7, 11) is 0. The van der Waals surface area contributed by atoms with Crippen LogP contribution < -0.4 is 0 Å². The Morgan fingerprint density at radius 1 is 1.32 bits per heavy atom. The Morgan fingerprint density at radius 3 is 2.64 bits per heavy atom. The first-order valence-electron chi connectivity index (χ1n) is 7.99. The van der Waals surface area contributed by atoms with E-state index in [9.17, 15) is 18.0 Å². The normalized spacial score (nSPS) is 19.1. The molecule has 1 fully saturated rings. The Labute approximate surface area is 142 Å². The standard InChI is InChI=1S/C17H18F3N3O2/c18-17(19,20)14-8-21-15(22-14)13-2-1-7-23(10-13)9-11-3-5-12(6-4-11)16(24)25/h3-6,8,13H,1-2,7,9-10H2,(H,21,22)(H,24,25). The number of hydrogen-bond acceptors (Lipinski definition) is 3. The molecule has 0 saturated carbocycles. The van der Waals surface area contributed by atoms with Gasteiger partial charge in [-0.2, -0.15) is 13.2 Å². The molecular formula is C17H18F3N3O2. The Morgan fingerprint density at radius 2 is 2.04 bits per heavy atom. The van der Waals surface area contributed by atoms with Crippen molar-refractivity contribution < 1.29 is 23.1 Å². The zero-order chi connectivity index (χ0) is 18.0. The summed E-state index contributed by atoms with van der Waals surface area (Å²) in [5, 5.41) is 8.92. The van der Waals surface area contributed by atoms with E-state index >= 15 is 0 Å². The molecule has 5 nitrogen and oxygen atoms in total. The van der Waals surface area contributed by atoms with E-state index in [0.717, 1.165) is 31.1 Å². The van der Waals surface area contributed by atoms with E-state index in [4.69, 9.17) is 5.11 Å². The number of piperidine rings is 1. The molecule has 2 N–H and O–H groups in total. The van der Waals surface area contributed by atoms with Crippen molar-refractivity contribution in [1.29, 1.82) is 0 Å². The molecule has 25 heavy (non-hydrogen) atoms. The van der Waals surface area contributed by atoms with E-state index in [-0.39, 0.29) is 11.5 Å². The second-order valence-corrected chi connectivity index (χ2v) is 6.26. The first-order chi connectivity index (χ1) is 11.8. The van der Waals surface area contributed by atoms with Crippen LogP contribution in [0.2, 0.25) is 0 Å². The number of aromatic carboxylic acids is 1. The quantitative estimate of drug-likeness (QED) is 0.883. The van der Waals surface area contributed by atoms with Gasteiger partial charge in [-0.05, 0) is 37.1 Å². The van der Waals surface area contributed by atoms with Gasteiger partial charge in [-0.15, -0.1) is 0 Å². The smallest absolute Gasteiger partial charge is 0.432 e. The molecule has 0 spiro atoms.